The Hall–Kier alpha value is -2.01. The standard InChI is InChI=1S/C13H7FIN3O/c14-11-5-8(6-16)1-3-10(11)13(19)18-12-4-2-9(15)7-17-12/h1-5,7H,(H,17,18,19). The Labute approximate surface area is 122 Å². The molecule has 0 aliphatic carbocycles. The molecule has 0 spiro atoms. The highest BCUT2D eigenvalue weighted by Gasteiger charge is 2.12. The summed E-state index contributed by atoms with van der Waals surface area (Å²) >= 11 is 2.09. The maximum absolute atomic E-state index is 13.6. The second kappa shape index (κ2) is 5.75. The minimum atomic E-state index is -0.734. The summed E-state index contributed by atoms with van der Waals surface area (Å²) in [6.07, 6.45) is 1.59. The lowest BCUT2D eigenvalue weighted by Crippen LogP contribution is -2.14. The van der Waals surface area contributed by atoms with Crippen LogP contribution < -0.4 is 5.32 Å². The van der Waals surface area contributed by atoms with Gasteiger partial charge in [-0.1, -0.05) is 0 Å². The van der Waals surface area contributed by atoms with Crippen LogP contribution in [0.3, 0.4) is 0 Å². The van der Waals surface area contributed by atoms with Crippen molar-refractivity contribution in [3.05, 3.63) is 57.0 Å². The molecule has 1 aromatic carbocycles. The fourth-order valence-corrected chi connectivity index (χ4v) is 1.72. The Kier molecular flexibility index (Phi) is 4.06. The van der Waals surface area contributed by atoms with Gasteiger partial charge in [-0.05, 0) is 52.9 Å². The van der Waals surface area contributed by atoms with Crippen LogP contribution in [0.2, 0.25) is 0 Å². The van der Waals surface area contributed by atoms with Crippen molar-refractivity contribution < 1.29 is 9.18 Å². The van der Waals surface area contributed by atoms with E-state index in [1.54, 1.807) is 24.4 Å². The first kappa shape index (κ1) is 13.4. The molecule has 0 radical (unpaired) electrons. The van der Waals surface area contributed by atoms with Gasteiger partial charge in [0.1, 0.15) is 11.6 Å². The summed E-state index contributed by atoms with van der Waals surface area (Å²) in [7, 11) is 0. The van der Waals surface area contributed by atoms with Crippen molar-refractivity contribution in [2.24, 2.45) is 0 Å². The Bertz CT molecular complexity index is 665. The van der Waals surface area contributed by atoms with E-state index in [1.165, 1.54) is 12.1 Å². The van der Waals surface area contributed by atoms with Gasteiger partial charge in [0.05, 0.1) is 17.2 Å². The monoisotopic (exact) mass is 367 g/mol. The maximum Gasteiger partial charge on any atom is 0.259 e. The fourth-order valence-electron chi connectivity index (χ4n) is 1.40. The van der Waals surface area contributed by atoms with E-state index in [9.17, 15) is 9.18 Å². The summed E-state index contributed by atoms with van der Waals surface area (Å²) in [5.74, 6) is -0.994. The third kappa shape index (κ3) is 3.26. The number of nitrogens with one attached hydrogen (secondary N) is 1. The minimum absolute atomic E-state index is 0.126. The molecule has 0 saturated heterocycles. The average Bonchev–Trinajstić information content (AvgIpc) is 2.41. The molecule has 0 atom stereocenters. The van der Waals surface area contributed by atoms with Crippen LogP contribution in [-0.4, -0.2) is 10.9 Å². The van der Waals surface area contributed by atoms with Gasteiger partial charge in [-0.2, -0.15) is 5.26 Å². The first-order valence-corrected chi connectivity index (χ1v) is 6.30. The van der Waals surface area contributed by atoms with Crippen molar-refractivity contribution in [2.75, 3.05) is 5.32 Å². The maximum atomic E-state index is 13.6. The normalized spacial score (nSPS) is 9.74. The molecule has 1 amide bonds. The molecule has 0 aliphatic heterocycles. The summed E-state index contributed by atoms with van der Waals surface area (Å²) in [5, 5.41) is 11.1. The molecule has 6 heteroatoms. The highest BCUT2D eigenvalue weighted by molar-refractivity contribution is 14.1. The average molecular weight is 367 g/mol. The van der Waals surface area contributed by atoms with E-state index in [2.05, 4.69) is 32.9 Å². The first-order chi connectivity index (χ1) is 9.10. The first-order valence-electron chi connectivity index (χ1n) is 5.22. The number of halogens is 2. The number of carbonyl (C=O) groups is 1. The molecule has 1 heterocycles. The Morgan fingerprint density at radius 3 is 2.74 bits per heavy atom. The van der Waals surface area contributed by atoms with Crippen LogP contribution in [0.15, 0.2) is 36.5 Å². The van der Waals surface area contributed by atoms with E-state index in [1.807, 2.05) is 0 Å². The minimum Gasteiger partial charge on any atom is -0.306 e. The van der Waals surface area contributed by atoms with Gasteiger partial charge in [0.2, 0.25) is 0 Å². The topological polar surface area (TPSA) is 65.8 Å². The third-order valence-electron chi connectivity index (χ3n) is 2.31. The zero-order valence-electron chi connectivity index (χ0n) is 9.52. The second-order valence-electron chi connectivity index (χ2n) is 3.62. The molecule has 0 saturated carbocycles. The van der Waals surface area contributed by atoms with Gasteiger partial charge in [-0.25, -0.2) is 9.37 Å². The Morgan fingerprint density at radius 2 is 2.16 bits per heavy atom. The summed E-state index contributed by atoms with van der Waals surface area (Å²) in [6, 6.07) is 8.89. The van der Waals surface area contributed by atoms with E-state index in [0.29, 0.717) is 5.82 Å². The van der Waals surface area contributed by atoms with Crippen LogP contribution in [0.4, 0.5) is 10.2 Å². The second-order valence-corrected chi connectivity index (χ2v) is 4.87. The van der Waals surface area contributed by atoms with E-state index in [4.69, 9.17) is 5.26 Å². The molecule has 94 valence electrons. The van der Waals surface area contributed by atoms with Gasteiger partial charge in [0.25, 0.3) is 5.91 Å². The molecular formula is C13H7FIN3O. The lowest BCUT2D eigenvalue weighted by atomic mass is 10.1. The molecule has 1 aromatic heterocycles. The molecule has 0 bridgehead atoms. The summed E-state index contributed by atoms with van der Waals surface area (Å²) in [4.78, 5) is 15.8. The number of hydrogen-bond donors (Lipinski definition) is 1. The SMILES string of the molecule is N#Cc1ccc(C(=O)Nc2ccc(I)cn2)c(F)c1. The largest absolute Gasteiger partial charge is 0.306 e. The number of benzene rings is 1. The molecule has 2 aromatic rings. The number of amides is 1. The molecular weight excluding hydrogens is 360 g/mol. The number of aromatic nitrogens is 1. The number of nitrogens with zero attached hydrogens (tertiary/aromatic N) is 2. The molecule has 0 aliphatic rings. The molecule has 19 heavy (non-hydrogen) atoms. The predicted molar refractivity (Wildman–Crippen MR) is 76.0 cm³/mol. The van der Waals surface area contributed by atoms with Crippen molar-refractivity contribution in [3.63, 3.8) is 0 Å². The molecule has 0 fully saturated rings. The van der Waals surface area contributed by atoms with Gasteiger partial charge in [0, 0.05) is 9.77 Å². The number of carbonyl (C=O) groups excluding carboxylic acids is 1. The van der Waals surface area contributed by atoms with E-state index in [-0.39, 0.29) is 11.1 Å². The lowest BCUT2D eigenvalue weighted by molar-refractivity contribution is 0.102. The molecule has 4 nitrogen and oxygen atoms in total. The number of nitriles is 1. The molecule has 0 unspecified atom stereocenters. The van der Waals surface area contributed by atoms with Gasteiger partial charge in [0.15, 0.2) is 0 Å². The van der Waals surface area contributed by atoms with E-state index < -0.39 is 11.7 Å². The van der Waals surface area contributed by atoms with Crippen molar-refractivity contribution in [2.45, 2.75) is 0 Å². The fraction of sp³-hybridized carbons (Fsp3) is 0. The zero-order chi connectivity index (χ0) is 13.8. The van der Waals surface area contributed by atoms with E-state index >= 15 is 0 Å². The van der Waals surface area contributed by atoms with Crippen molar-refractivity contribution in [1.29, 1.82) is 5.26 Å². The number of pyridine rings is 1. The highest BCUT2D eigenvalue weighted by Crippen LogP contribution is 2.13. The van der Waals surface area contributed by atoms with Crippen LogP contribution in [0.25, 0.3) is 0 Å². The number of rotatable bonds is 2. The van der Waals surface area contributed by atoms with Crippen LogP contribution in [-0.2, 0) is 0 Å². The van der Waals surface area contributed by atoms with Crippen molar-refractivity contribution in [1.82, 2.24) is 4.98 Å². The van der Waals surface area contributed by atoms with Gasteiger partial charge < -0.3 is 5.32 Å². The van der Waals surface area contributed by atoms with Crippen molar-refractivity contribution in [3.8, 4) is 6.07 Å². The smallest absolute Gasteiger partial charge is 0.259 e. The van der Waals surface area contributed by atoms with Crippen molar-refractivity contribution >= 4 is 34.3 Å². The van der Waals surface area contributed by atoms with E-state index in [0.717, 1.165) is 9.64 Å². The Morgan fingerprint density at radius 1 is 1.37 bits per heavy atom. The predicted octanol–water partition coefficient (Wildman–Crippen LogP) is 2.95. The van der Waals surface area contributed by atoms with Gasteiger partial charge in [-0.15, -0.1) is 0 Å². The quantitative estimate of drug-likeness (QED) is 0.831. The number of anilines is 1. The van der Waals surface area contributed by atoms with Crippen LogP contribution >= 0.6 is 22.6 Å². The van der Waals surface area contributed by atoms with Crippen LogP contribution in [0.5, 0.6) is 0 Å². The van der Waals surface area contributed by atoms with Gasteiger partial charge >= 0.3 is 0 Å². The van der Waals surface area contributed by atoms with Crippen LogP contribution in [0.1, 0.15) is 15.9 Å². The highest BCUT2D eigenvalue weighted by atomic mass is 127. The van der Waals surface area contributed by atoms with Crippen LogP contribution in [0, 0.1) is 20.7 Å². The number of hydrogen-bond acceptors (Lipinski definition) is 3. The van der Waals surface area contributed by atoms with Gasteiger partial charge in [-0.3, -0.25) is 4.79 Å². The summed E-state index contributed by atoms with van der Waals surface area (Å²) < 4.78 is 14.6. The Balaban J connectivity index is 2.21. The lowest BCUT2D eigenvalue weighted by Gasteiger charge is -2.05. The molecule has 2 rings (SSSR count). The molecule has 1 N–H and O–H groups in total. The summed E-state index contributed by atoms with van der Waals surface area (Å²) in [5.41, 5.74) is 0.0424. The zero-order valence-corrected chi connectivity index (χ0v) is 11.7. The third-order valence-corrected chi connectivity index (χ3v) is 2.95. The summed E-state index contributed by atoms with van der Waals surface area (Å²) in [6.45, 7) is 0.